The van der Waals surface area contributed by atoms with Crippen molar-refractivity contribution in [2.75, 3.05) is 5.32 Å². The van der Waals surface area contributed by atoms with E-state index in [1.54, 1.807) is 18.3 Å². The van der Waals surface area contributed by atoms with E-state index in [9.17, 15) is 4.39 Å². The first-order valence-corrected chi connectivity index (χ1v) is 6.26. The predicted octanol–water partition coefficient (Wildman–Crippen LogP) is 3.97. The summed E-state index contributed by atoms with van der Waals surface area (Å²) in [6.45, 7) is 0. The van der Waals surface area contributed by atoms with E-state index in [4.69, 9.17) is 11.6 Å². The average Bonchev–Trinajstić information content (AvgIpc) is 2.74. The molecule has 1 N–H and O–H groups in total. The maximum absolute atomic E-state index is 13.1. The Morgan fingerprint density at radius 2 is 2.17 bits per heavy atom. The van der Waals surface area contributed by atoms with Gasteiger partial charge in [-0.15, -0.1) is 0 Å². The summed E-state index contributed by atoms with van der Waals surface area (Å²) in [5.41, 5.74) is 3.20. The van der Waals surface area contributed by atoms with Gasteiger partial charge in [0.05, 0.1) is 17.9 Å². The van der Waals surface area contributed by atoms with Crippen LogP contribution in [0.4, 0.5) is 10.1 Å². The molecule has 0 bridgehead atoms. The van der Waals surface area contributed by atoms with E-state index < -0.39 is 0 Å². The van der Waals surface area contributed by atoms with Gasteiger partial charge in [0, 0.05) is 0 Å². The molecule has 1 unspecified atom stereocenters. The van der Waals surface area contributed by atoms with Crippen LogP contribution in [0.1, 0.15) is 23.6 Å². The lowest BCUT2D eigenvalue weighted by atomic mass is 10.1. The molecule has 0 spiro atoms. The van der Waals surface area contributed by atoms with Gasteiger partial charge in [-0.3, -0.25) is 0 Å². The summed E-state index contributed by atoms with van der Waals surface area (Å²) in [6, 6.07) is 8.87. The van der Waals surface area contributed by atoms with Crippen molar-refractivity contribution >= 4 is 17.3 Å². The molecular weight excluding hydrogens is 251 g/mol. The molecule has 0 aliphatic heterocycles. The molecule has 1 heterocycles. The molecule has 0 radical (unpaired) electrons. The highest BCUT2D eigenvalue weighted by Crippen LogP contribution is 2.34. The summed E-state index contributed by atoms with van der Waals surface area (Å²) in [5, 5.41) is 3.88. The third kappa shape index (κ3) is 2.18. The maximum Gasteiger partial charge on any atom is 0.129 e. The van der Waals surface area contributed by atoms with Crippen molar-refractivity contribution in [3.8, 4) is 0 Å². The number of nitrogens with zero attached hydrogens (tertiary/aromatic N) is 1. The fourth-order valence-electron chi connectivity index (χ4n) is 2.40. The van der Waals surface area contributed by atoms with Crippen LogP contribution in [0, 0.1) is 5.82 Å². The number of halogens is 2. The van der Waals surface area contributed by atoms with Crippen molar-refractivity contribution in [1.82, 2.24) is 4.98 Å². The van der Waals surface area contributed by atoms with E-state index in [2.05, 4.69) is 10.3 Å². The molecule has 4 heteroatoms. The monoisotopic (exact) mass is 262 g/mol. The van der Waals surface area contributed by atoms with Crippen LogP contribution in [0.15, 0.2) is 36.5 Å². The number of rotatable bonds is 2. The molecule has 0 amide bonds. The number of nitrogens with one attached hydrogen (secondary N) is 1. The number of hydrogen-bond donors (Lipinski definition) is 1. The van der Waals surface area contributed by atoms with Crippen molar-refractivity contribution in [1.29, 1.82) is 0 Å². The normalized spacial score (nSPS) is 17.6. The third-order valence-electron chi connectivity index (χ3n) is 3.25. The SMILES string of the molecule is Fc1ccc2c(c1)CCC2Nc1ccc(Cl)nc1. The maximum atomic E-state index is 13.1. The van der Waals surface area contributed by atoms with Crippen LogP contribution >= 0.6 is 11.6 Å². The number of aromatic nitrogens is 1. The minimum Gasteiger partial charge on any atom is -0.377 e. The summed E-state index contributed by atoms with van der Waals surface area (Å²) in [5.74, 6) is -0.164. The highest BCUT2D eigenvalue weighted by atomic mass is 35.5. The minimum atomic E-state index is -0.164. The Hall–Kier alpha value is -1.61. The van der Waals surface area contributed by atoms with E-state index in [0.717, 1.165) is 24.1 Å². The summed E-state index contributed by atoms with van der Waals surface area (Å²) < 4.78 is 13.1. The first kappa shape index (κ1) is 11.5. The molecule has 0 saturated heterocycles. The van der Waals surface area contributed by atoms with E-state index in [0.29, 0.717) is 5.15 Å². The minimum absolute atomic E-state index is 0.164. The summed E-state index contributed by atoms with van der Waals surface area (Å²) in [7, 11) is 0. The first-order valence-electron chi connectivity index (χ1n) is 5.89. The molecule has 1 aromatic carbocycles. The molecule has 0 fully saturated rings. The Kier molecular flexibility index (Phi) is 2.92. The van der Waals surface area contributed by atoms with Gasteiger partial charge in [0.1, 0.15) is 11.0 Å². The molecule has 92 valence electrons. The van der Waals surface area contributed by atoms with Crippen molar-refractivity contribution in [2.45, 2.75) is 18.9 Å². The molecule has 1 aliphatic carbocycles. The van der Waals surface area contributed by atoms with Crippen LogP contribution in [0.3, 0.4) is 0 Å². The fourth-order valence-corrected chi connectivity index (χ4v) is 2.51. The van der Waals surface area contributed by atoms with Crippen LogP contribution in [0.25, 0.3) is 0 Å². The number of hydrogen-bond acceptors (Lipinski definition) is 2. The van der Waals surface area contributed by atoms with Gasteiger partial charge in [0.15, 0.2) is 0 Å². The lowest BCUT2D eigenvalue weighted by molar-refractivity contribution is 0.626. The van der Waals surface area contributed by atoms with Crippen molar-refractivity contribution in [2.24, 2.45) is 0 Å². The summed E-state index contributed by atoms with van der Waals surface area (Å²) in [6.07, 6.45) is 3.59. The van der Waals surface area contributed by atoms with Gasteiger partial charge < -0.3 is 5.32 Å². The first-order chi connectivity index (χ1) is 8.72. The van der Waals surface area contributed by atoms with E-state index in [1.165, 1.54) is 11.6 Å². The summed E-state index contributed by atoms with van der Waals surface area (Å²) in [4.78, 5) is 4.03. The van der Waals surface area contributed by atoms with Gasteiger partial charge in [-0.05, 0) is 48.2 Å². The fraction of sp³-hybridized carbons (Fsp3) is 0.214. The zero-order valence-electron chi connectivity index (χ0n) is 9.66. The Morgan fingerprint density at radius 1 is 1.28 bits per heavy atom. The number of fused-ring (bicyclic) bond motifs is 1. The molecule has 18 heavy (non-hydrogen) atoms. The van der Waals surface area contributed by atoms with Gasteiger partial charge in [-0.25, -0.2) is 9.37 Å². The van der Waals surface area contributed by atoms with Crippen LogP contribution in [-0.2, 0) is 6.42 Å². The van der Waals surface area contributed by atoms with Crippen LogP contribution < -0.4 is 5.32 Å². The van der Waals surface area contributed by atoms with Gasteiger partial charge in [-0.2, -0.15) is 0 Å². The molecule has 1 aromatic heterocycles. The largest absolute Gasteiger partial charge is 0.377 e. The number of benzene rings is 1. The topological polar surface area (TPSA) is 24.9 Å². The lowest BCUT2D eigenvalue weighted by Crippen LogP contribution is -2.07. The average molecular weight is 263 g/mol. The molecule has 0 saturated carbocycles. The highest BCUT2D eigenvalue weighted by molar-refractivity contribution is 6.29. The third-order valence-corrected chi connectivity index (χ3v) is 3.47. The Labute approximate surface area is 110 Å². The van der Waals surface area contributed by atoms with Crippen LogP contribution in [0.2, 0.25) is 5.15 Å². The lowest BCUT2D eigenvalue weighted by Gasteiger charge is -2.15. The molecular formula is C14H12ClFN2. The van der Waals surface area contributed by atoms with Crippen LogP contribution in [0.5, 0.6) is 0 Å². The van der Waals surface area contributed by atoms with E-state index >= 15 is 0 Å². The Balaban J connectivity index is 1.82. The number of pyridine rings is 1. The Bertz CT molecular complexity index is 569. The van der Waals surface area contributed by atoms with Gasteiger partial charge in [0.25, 0.3) is 0 Å². The van der Waals surface area contributed by atoms with Crippen molar-refractivity contribution < 1.29 is 4.39 Å². The number of anilines is 1. The van der Waals surface area contributed by atoms with Gasteiger partial charge in [0.2, 0.25) is 0 Å². The van der Waals surface area contributed by atoms with E-state index in [-0.39, 0.29) is 11.9 Å². The quantitative estimate of drug-likeness (QED) is 0.829. The van der Waals surface area contributed by atoms with E-state index in [1.807, 2.05) is 12.1 Å². The molecule has 1 atom stereocenters. The van der Waals surface area contributed by atoms with Gasteiger partial charge >= 0.3 is 0 Å². The van der Waals surface area contributed by atoms with Gasteiger partial charge in [-0.1, -0.05) is 17.7 Å². The molecule has 3 rings (SSSR count). The number of aryl methyl sites for hydroxylation is 1. The predicted molar refractivity (Wildman–Crippen MR) is 70.3 cm³/mol. The van der Waals surface area contributed by atoms with Crippen molar-refractivity contribution in [3.05, 3.63) is 58.6 Å². The second-order valence-electron chi connectivity index (χ2n) is 4.45. The molecule has 1 aliphatic rings. The zero-order chi connectivity index (χ0) is 12.5. The second kappa shape index (κ2) is 4.58. The Morgan fingerprint density at radius 3 is 2.94 bits per heavy atom. The molecule has 2 aromatic rings. The zero-order valence-corrected chi connectivity index (χ0v) is 10.4. The highest BCUT2D eigenvalue weighted by Gasteiger charge is 2.22. The standard InChI is InChI=1S/C14H12ClFN2/c15-14-6-3-11(8-17-14)18-13-5-1-9-7-10(16)2-4-12(9)13/h2-4,6-8,13,18H,1,5H2. The smallest absolute Gasteiger partial charge is 0.129 e. The second-order valence-corrected chi connectivity index (χ2v) is 4.84. The van der Waals surface area contributed by atoms with Crippen LogP contribution in [-0.4, -0.2) is 4.98 Å². The van der Waals surface area contributed by atoms with Crippen molar-refractivity contribution in [3.63, 3.8) is 0 Å². The molecule has 2 nitrogen and oxygen atoms in total. The summed E-state index contributed by atoms with van der Waals surface area (Å²) >= 11 is 5.75.